The van der Waals surface area contributed by atoms with Crippen LogP contribution in [0.5, 0.6) is 0 Å². The summed E-state index contributed by atoms with van der Waals surface area (Å²) in [7, 11) is -4.96. The number of aliphatic hydroxyl groups excluding tert-OH is 2. The molecule has 1 amide bonds. The zero-order valence-electron chi connectivity index (χ0n) is 39.4. The Labute approximate surface area is 376 Å². The van der Waals surface area contributed by atoms with E-state index < -0.39 is 63.1 Å². The van der Waals surface area contributed by atoms with E-state index in [1.54, 1.807) is 0 Å². The molecule has 1 aliphatic rings. The molecule has 0 aromatic carbocycles. The number of ether oxygens (including phenoxy) is 3. The Bertz CT molecular complexity index is 1160. The molecule has 62 heavy (non-hydrogen) atoms. The van der Waals surface area contributed by atoms with Crippen LogP contribution in [0.25, 0.3) is 0 Å². The predicted octanol–water partition coefficient (Wildman–Crippen LogP) is 11.2. The highest BCUT2D eigenvalue weighted by Gasteiger charge is 2.48. The van der Waals surface area contributed by atoms with E-state index in [0.717, 1.165) is 77.0 Å². The van der Waals surface area contributed by atoms with Gasteiger partial charge in [-0.3, -0.25) is 18.9 Å². The lowest BCUT2D eigenvalue weighted by Gasteiger charge is -2.42. The van der Waals surface area contributed by atoms with Crippen LogP contribution in [-0.2, 0) is 37.7 Å². The standard InChI is InChI=1S/C48H92NO12P/c1-4-7-10-13-16-19-21-24-27-30-33-36-43(51)59-40(35-32-29-26-23-18-15-12-9-6-3)38-42(50)49-45-47(46(53)41(60-48(45)54)39-58-62(55,56)57)61-44(52)37-34-31-28-25-22-20-17-14-11-8-5-2/h40-41,45-48,53-54H,4-39H2,1-3H3,(H,49,50)(H2,55,56,57)/t40?,41-,45-,46-,47-,48-/m1/s1. The molecule has 1 heterocycles. The van der Waals surface area contributed by atoms with Crippen molar-refractivity contribution >= 4 is 25.7 Å². The van der Waals surface area contributed by atoms with Gasteiger partial charge in [0.15, 0.2) is 12.4 Å². The monoisotopic (exact) mass is 906 g/mol. The summed E-state index contributed by atoms with van der Waals surface area (Å²) in [5.41, 5.74) is 0. The van der Waals surface area contributed by atoms with Gasteiger partial charge in [-0.2, -0.15) is 0 Å². The molecule has 0 saturated carbocycles. The number of aliphatic hydroxyl groups is 2. The van der Waals surface area contributed by atoms with E-state index in [2.05, 4.69) is 30.6 Å². The molecule has 13 nitrogen and oxygen atoms in total. The maximum Gasteiger partial charge on any atom is 0.469 e. The maximum absolute atomic E-state index is 13.6. The first-order valence-corrected chi connectivity index (χ1v) is 26.8. The van der Waals surface area contributed by atoms with Crippen molar-refractivity contribution in [2.75, 3.05) is 6.61 Å². The van der Waals surface area contributed by atoms with Gasteiger partial charge in [0.2, 0.25) is 5.91 Å². The molecule has 0 bridgehead atoms. The summed E-state index contributed by atoms with van der Waals surface area (Å²) in [5.74, 6) is -1.59. The van der Waals surface area contributed by atoms with Crippen LogP contribution in [0.2, 0.25) is 0 Å². The zero-order chi connectivity index (χ0) is 45.7. The summed E-state index contributed by atoms with van der Waals surface area (Å²) in [6, 6.07) is -1.41. The molecular weight excluding hydrogens is 813 g/mol. The highest BCUT2D eigenvalue weighted by atomic mass is 31.2. The fraction of sp³-hybridized carbons (Fsp3) is 0.938. The van der Waals surface area contributed by atoms with Crippen molar-refractivity contribution in [3.05, 3.63) is 0 Å². The molecule has 1 fully saturated rings. The number of phosphoric acid groups is 1. The number of phosphoric ester groups is 1. The van der Waals surface area contributed by atoms with Gasteiger partial charge < -0.3 is 39.5 Å². The second kappa shape index (κ2) is 38.6. The van der Waals surface area contributed by atoms with Gasteiger partial charge >= 0.3 is 19.8 Å². The van der Waals surface area contributed by atoms with Crippen molar-refractivity contribution in [2.24, 2.45) is 0 Å². The molecule has 1 saturated heterocycles. The summed E-state index contributed by atoms with van der Waals surface area (Å²) >= 11 is 0. The number of amides is 1. The summed E-state index contributed by atoms with van der Waals surface area (Å²) in [6.07, 6.45) is 28.4. The highest BCUT2D eigenvalue weighted by molar-refractivity contribution is 7.46. The van der Waals surface area contributed by atoms with Gasteiger partial charge in [0, 0.05) is 12.8 Å². The molecule has 1 rings (SSSR count). The summed E-state index contributed by atoms with van der Waals surface area (Å²) in [4.78, 5) is 58.2. The highest BCUT2D eigenvalue weighted by Crippen LogP contribution is 2.37. The molecule has 0 radical (unpaired) electrons. The number of carbonyl (C=O) groups is 3. The van der Waals surface area contributed by atoms with Gasteiger partial charge in [0.1, 0.15) is 24.4 Å². The smallest absolute Gasteiger partial charge is 0.462 e. The molecule has 6 atom stereocenters. The van der Waals surface area contributed by atoms with Crippen LogP contribution < -0.4 is 5.32 Å². The van der Waals surface area contributed by atoms with Gasteiger partial charge in [-0.1, -0.05) is 201 Å². The van der Waals surface area contributed by atoms with Crippen molar-refractivity contribution in [1.82, 2.24) is 5.32 Å². The number of carbonyl (C=O) groups excluding carboxylic acids is 3. The first kappa shape index (κ1) is 58.4. The maximum atomic E-state index is 13.6. The fourth-order valence-corrected chi connectivity index (χ4v) is 8.54. The van der Waals surface area contributed by atoms with E-state index in [4.69, 9.17) is 14.2 Å². The first-order valence-electron chi connectivity index (χ1n) is 25.3. The first-order chi connectivity index (χ1) is 29.9. The normalized spacial score (nSPS) is 19.6. The van der Waals surface area contributed by atoms with Crippen LogP contribution in [0.4, 0.5) is 0 Å². The SMILES string of the molecule is CCCCCCCCCCCCCC(=O)OC(CCCCCCCCCCC)CC(=O)N[C@@H]1[C@@H](OC(=O)CCCCCCCCCCCCC)[C@H](O)[C@@H](COP(=O)(O)O)O[C@H]1O. The van der Waals surface area contributed by atoms with Crippen molar-refractivity contribution in [3.63, 3.8) is 0 Å². The molecule has 0 aromatic heterocycles. The second-order valence-electron chi connectivity index (χ2n) is 17.9. The van der Waals surface area contributed by atoms with E-state index in [-0.39, 0.29) is 25.2 Å². The van der Waals surface area contributed by atoms with Crippen LogP contribution >= 0.6 is 7.82 Å². The second-order valence-corrected chi connectivity index (χ2v) is 19.1. The third-order valence-electron chi connectivity index (χ3n) is 12.0. The van der Waals surface area contributed by atoms with Crippen LogP contribution in [0.1, 0.15) is 245 Å². The minimum absolute atomic E-state index is 0.0530. The van der Waals surface area contributed by atoms with Crippen molar-refractivity contribution in [3.8, 4) is 0 Å². The minimum Gasteiger partial charge on any atom is -0.462 e. The van der Waals surface area contributed by atoms with E-state index in [1.165, 1.54) is 116 Å². The van der Waals surface area contributed by atoms with Crippen molar-refractivity contribution < 1.29 is 57.7 Å². The van der Waals surface area contributed by atoms with E-state index in [0.29, 0.717) is 12.8 Å². The molecule has 1 unspecified atom stereocenters. The lowest BCUT2D eigenvalue weighted by Crippen LogP contribution is -2.65. The molecular formula is C48H92NO12P. The fourth-order valence-electron chi connectivity index (χ4n) is 8.19. The van der Waals surface area contributed by atoms with Gasteiger partial charge in [0.05, 0.1) is 13.0 Å². The number of hydrogen-bond acceptors (Lipinski definition) is 10. The Morgan fingerprint density at radius 1 is 0.581 bits per heavy atom. The van der Waals surface area contributed by atoms with Crippen LogP contribution in [0, 0.1) is 0 Å². The Balaban J connectivity index is 2.82. The average Bonchev–Trinajstić information content (AvgIpc) is 3.22. The molecule has 0 spiro atoms. The summed E-state index contributed by atoms with van der Waals surface area (Å²) in [6.45, 7) is 5.84. The predicted molar refractivity (Wildman–Crippen MR) is 245 cm³/mol. The Hall–Kier alpha value is -1.60. The van der Waals surface area contributed by atoms with Crippen LogP contribution in [0.15, 0.2) is 0 Å². The molecule has 1 aliphatic heterocycles. The van der Waals surface area contributed by atoms with Crippen molar-refractivity contribution in [1.29, 1.82) is 0 Å². The Kier molecular flexibility index (Phi) is 36.4. The molecule has 5 N–H and O–H groups in total. The van der Waals surface area contributed by atoms with E-state index in [9.17, 15) is 38.9 Å². The van der Waals surface area contributed by atoms with Gasteiger partial charge in [-0.15, -0.1) is 0 Å². The topological polar surface area (TPSA) is 198 Å². The number of hydrogen-bond donors (Lipinski definition) is 5. The van der Waals surface area contributed by atoms with E-state index >= 15 is 0 Å². The minimum atomic E-state index is -4.96. The molecule has 0 aliphatic carbocycles. The van der Waals surface area contributed by atoms with Crippen LogP contribution in [0.3, 0.4) is 0 Å². The number of unbranched alkanes of at least 4 members (excludes halogenated alkanes) is 28. The number of esters is 2. The molecule has 0 aromatic rings. The van der Waals surface area contributed by atoms with Gasteiger partial charge in [-0.25, -0.2) is 4.57 Å². The lowest BCUT2D eigenvalue weighted by atomic mass is 9.96. The number of rotatable bonds is 42. The summed E-state index contributed by atoms with van der Waals surface area (Å²) < 4.78 is 33.0. The average molecular weight is 906 g/mol. The quantitative estimate of drug-likeness (QED) is 0.0221. The molecule has 14 heteroatoms. The van der Waals surface area contributed by atoms with E-state index in [1.807, 2.05) is 0 Å². The largest absolute Gasteiger partial charge is 0.469 e. The summed E-state index contributed by atoms with van der Waals surface area (Å²) in [5, 5.41) is 24.9. The van der Waals surface area contributed by atoms with Crippen LogP contribution in [-0.4, -0.2) is 81.2 Å². The zero-order valence-corrected chi connectivity index (χ0v) is 40.3. The number of nitrogens with one attached hydrogen (secondary N) is 1. The van der Waals surface area contributed by atoms with Gasteiger partial charge in [0.25, 0.3) is 0 Å². The lowest BCUT2D eigenvalue weighted by molar-refractivity contribution is -0.258. The Morgan fingerprint density at radius 3 is 1.39 bits per heavy atom. The molecule has 366 valence electrons. The Morgan fingerprint density at radius 2 is 0.968 bits per heavy atom. The third kappa shape index (κ3) is 32.1. The third-order valence-corrected chi connectivity index (χ3v) is 12.5. The van der Waals surface area contributed by atoms with Gasteiger partial charge in [-0.05, 0) is 25.7 Å². The van der Waals surface area contributed by atoms with Crippen molar-refractivity contribution in [2.45, 2.75) is 282 Å².